The second-order valence-electron chi connectivity index (χ2n) is 3.18. The first-order valence-corrected chi connectivity index (χ1v) is 4.00. The maximum Gasteiger partial charge on any atom is 0.163 e. The SMILES string of the molecule is Cc1cc2c(cc1F)CCC2=O. The quantitative estimate of drug-likeness (QED) is 0.574. The summed E-state index contributed by atoms with van der Waals surface area (Å²) in [6.45, 7) is 1.68. The summed E-state index contributed by atoms with van der Waals surface area (Å²) in [5.74, 6) is -0.0587. The number of halogens is 1. The normalized spacial score (nSPS) is 15.0. The molecule has 0 aliphatic heterocycles. The van der Waals surface area contributed by atoms with E-state index >= 15 is 0 Å². The molecule has 1 aliphatic carbocycles. The molecule has 0 spiro atoms. The number of carbonyl (C=O) groups excluding carboxylic acids is 1. The van der Waals surface area contributed by atoms with E-state index in [1.165, 1.54) is 6.07 Å². The average Bonchev–Trinajstić information content (AvgIpc) is 2.35. The first-order valence-electron chi connectivity index (χ1n) is 4.00. The van der Waals surface area contributed by atoms with E-state index in [9.17, 15) is 9.18 Å². The van der Waals surface area contributed by atoms with Gasteiger partial charge in [-0.1, -0.05) is 0 Å². The molecule has 0 amide bonds. The maximum atomic E-state index is 13.0. The van der Waals surface area contributed by atoms with E-state index in [2.05, 4.69) is 0 Å². The van der Waals surface area contributed by atoms with E-state index < -0.39 is 0 Å². The largest absolute Gasteiger partial charge is 0.294 e. The summed E-state index contributed by atoms with van der Waals surface area (Å²) in [5, 5.41) is 0. The molecule has 1 aliphatic rings. The average molecular weight is 164 g/mol. The van der Waals surface area contributed by atoms with Gasteiger partial charge in [-0.3, -0.25) is 4.79 Å². The van der Waals surface area contributed by atoms with Crippen molar-refractivity contribution in [3.63, 3.8) is 0 Å². The number of carbonyl (C=O) groups is 1. The number of hydrogen-bond acceptors (Lipinski definition) is 1. The van der Waals surface area contributed by atoms with Gasteiger partial charge in [0.1, 0.15) is 5.82 Å². The number of fused-ring (bicyclic) bond motifs is 1. The highest BCUT2D eigenvalue weighted by Crippen LogP contribution is 2.24. The second-order valence-corrected chi connectivity index (χ2v) is 3.18. The van der Waals surface area contributed by atoms with Crippen molar-refractivity contribution in [2.75, 3.05) is 0 Å². The van der Waals surface area contributed by atoms with Gasteiger partial charge >= 0.3 is 0 Å². The topological polar surface area (TPSA) is 17.1 Å². The van der Waals surface area contributed by atoms with Crippen LogP contribution in [-0.4, -0.2) is 5.78 Å². The molecule has 0 N–H and O–H groups in total. The summed E-state index contributed by atoms with van der Waals surface area (Å²) in [6, 6.07) is 3.13. The minimum absolute atomic E-state index is 0.146. The third-order valence-electron chi connectivity index (χ3n) is 2.31. The van der Waals surface area contributed by atoms with Gasteiger partial charge in [0.15, 0.2) is 5.78 Å². The van der Waals surface area contributed by atoms with E-state index in [4.69, 9.17) is 0 Å². The van der Waals surface area contributed by atoms with Crippen LogP contribution in [0, 0.1) is 12.7 Å². The second kappa shape index (κ2) is 2.41. The van der Waals surface area contributed by atoms with Crippen LogP contribution < -0.4 is 0 Å². The number of Topliss-reactive ketones (excluding diaryl/α,β-unsaturated/α-hetero) is 1. The van der Waals surface area contributed by atoms with Gasteiger partial charge in [0, 0.05) is 12.0 Å². The van der Waals surface area contributed by atoms with Crippen molar-refractivity contribution < 1.29 is 9.18 Å². The van der Waals surface area contributed by atoms with E-state index in [0.29, 0.717) is 24.0 Å². The van der Waals surface area contributed by atoms with E-state index in [1.807, 2.05) is 0 Å². The van der Waals surface area contributed by atoms with Crippen molar-refractivity contribution in [3.05, 3.63) is 34.6 Å². The van der Waals surface area contributed by atoms with Gasteiger partial charge in [-0.15, -0.1) is 0 Å². The number of benzene rings is 1. The van der Waals surface area contributed by atoms with Gasteiger partial charge < -0.3 is 0 Å². The minimum atomic E-state index is -0.205. The highest BCUT2D eigenvalue weighted by Gasteiger charge is 2.20. The fourth-order valence-corrected chi connectivity index (χ4v) is 1.57. The predicted octanol–water partition coefficient (Wildman–Crippen LogP) is 2.26. The van der Waals surface area contributed by atoms with E-state index in [0.717, 1.165) is 5.56 Å². The van der Waals surface area contributed by atoms with Gasteiger partial charge in [-0.25, -0.2) is 4.39 Å². The highest BCUT2D eigenvalue weighted by atomic mass is 19.1. The van der Waals surface area contributed by atoms with Crippen molar-refractivity contribution in [3.8, 4) is 0 Å². The molecular weight excluding hydrogens is 155 g/mol. The fourth-order valence-electron chi connectivity index (χ4n) is 1.57. The predicted molar refractivity (Wildman–Crippen MR) is 43.8 cm³/mol. The lowest BCUT2D eigenvalue weighted by molar-refractivity contribution is 0.0994. The Balaban J connectivity index is 2.63. The molecule has 2 rings (SSSR count). The molecule has 0 atom stereocenters. The Bertz CT molecular complexity index is 355. The molecule has 1 nitrogen and oxygen atoms in total. The molecule has 0 heterocycles. The van der Waals surface area contributed by atoms with Gasteiger partial charge in [0.25, 0.3) is 0 Å². The Morgan fingerprint density at radius 2 is 2.08 bits per heavy atom. The molecule has 0 unspecified atom stereocenters. The van der Waals surface area contributed by atoms with Crippen LogP contribution in [0.5, 0.6) is 0 Å². The van der Waals surface area contributed by atoms with Gasteiger partial charge in [-0.05, 0) is 36.6 Å². The van der Waals surface area contributed by atoms with E-state index in [-0.39, 0.29) is 11.6 Å². The minimum Gasteiger partial charge on any atom is -0.294 e. The smallest absolute Gasteiger partial charge is 0.163 e. The zero-order valence-corrected chi connectivity index (χ0v) is 6.86. The summed E-state index contributed by atoms with van der Waals surface area (Å²) in [6.07, 6.45) is 1.24. The zero-order valence-electron chi connectivity index (χ0n) is 6.86. The third kappa shape index (κ3) is 0.951. The van der Waals surface area contributed by atoms with Crippen LogP contribution in [0.25, 0.3) is 0 Å². The molecular formula is C10H9FO. The van der Waals surface area contributed by atoms with Gasteiger partial charge in [0.05, 0.1) is 0 Å². The van der Waals surface area contributed by atoms with Crippen LogP contribution >= 0.6 is 0 Å². The van der Waals surface area contributed by atoms with Crippen LogP contribution in [0.15, 0.2) is 12.1 Å². The first-order chi connectivity index (χ1) is 5.68. The van der Waals surface area contributed by atoms with Crippen LogP contribution in [0.4, 0.5) is 4.39 Å². The van der Waals surface area contributed by atoms with Crippen molar-refractivity contribution in [2.24, 2.45) is 0 Å². The maximum absolute atomic E-state index is 13.0. The summed E-state index contributed by atoms with van der Waals surface area (Å²) in [7, 11) is 0. The molecule has 1 aromatic carbocycles. The van der Waals surface area contributed by atoms with Gasteiger partial charge in [0.2, 0.25) is 0 Å². The number of ketones is 1. The molecule has 1 aromatic rings. The lowest BCUT2D eigenvalue weighted by Gasteiger charge is -2.00. The highest BCUT2D eigenvalue weighted by molar-refractivity contribution is 6.00. The first kappa shape index (κ1) is 7.47. The summed E-state index contributed by atoms with van der Waals surface area (Å²) < 4.78 is 13.0. The summed E-state index contributed by atoms with van der Waals surface area (Å²) in [5.41, 5.74) is 2.14. The van der Waals surface area contributed by atoms with Crippen LogP contribution in [-0.2, 0) is 6.42 Å². The summed E-state index contributed by atoms with van der Waals surface area (Å²) >= 11 is 0. The van der Waals surface area contributed by atoms with Crippen LogP contribution in [0.3, 0.4) is 0 Å². The Kier molecular flexibility index (Phi) is 1.50. The van der Waals surface area contributed by atoms with Crippen molar-refractivity contribution in [1.82, 2.24) is 0 Å². The molecule has 62 valence electrons. The molecule has 0 fully saturated rings. The molecule has 12 heavy (non-hydrogen) atoms. The van der Waals surface area contributed by atoms with Crippen molar-refractivity contribution in [1.29, 1.82) is 0 Å². The molecule has 0 aromatic heterocycles. The summed E-state index contributed by atoms with van der Waals surface area (Å²) in [4.78, 5) is 11.2. The fraction of sp³-hybridized carbons (Fsp3) is 0.300. The standard InChI is InChI=1S/C10H9FO/c1-6-4-8-7(5-9(6)11)2-3-10(8)12/h4-5H,2-3H2,1H3. The number of rotatable bonds is 0. The molecule has 0 saturated heterocycles. The lowest BCUT2D eigenvalue weighted by atomic mass is 10.1. The Hall–Kier alpha value is -1.18. The Labute approximate surface area is 70.2 Å². The lowest BCUT2D eigenvalue weighted by Crippen LogP contribution is -1.93. The zero-order chi connectivity index (χ0) is 8.72. The van der Waals surface area contributed by atoms with Gasteiger partial charge in [-0.2, -0.15) is 0 Å². The third-order valence-corrected chi connectivity index (χ3v) is 2.31. The van der Waals surface area contributed by atoms with Crippen molar-refractivity contribution >= 4 is 5.78 Å². The molecule has 0 radical (unpaired) electrons. The monoisotopic (exact) mass is 164 g/mol. The van der Waals surface area contributed by atoms with E-state index in [1.54, 1.807) is 13.0 Å². The van der Waals surface area contributed by atoms with Crippen LogP contribution in [0.2, 0.25) is 0 Å². The van der Waals surface area contributed by atoms with Crippen molar-refractivity contribution in [2.45, 2.75) is 19.8 Å². The Morgan fingerprint density at radius 1 is 1.33 bits per heavy atom. The number of aryl methyl sites for hydroxylation is 2. The Morgan fingerprint density at radius 3 is 2.83 bits per heavy atom. The molecule has 0 bridgehead atoms. The molecule has 2 heteroatoms. The van der Waals surface area contributed by atoms with Crippen LogP contribution in [0.1, 0.15) is 27.9 Å². The number of hydrogen-bond donors (Lipinski definition) is 0. The molecule has 0 saturated carbocycles.